The summed E-state index contributed by atoms with van der Waals surface area (Å²) >= 11 is 3.05. The van der Waals surface area contributed by atoms with E-state index in [1.807, 2.05) is 51.2 Å². The number of carbonyl (C=O) groups excluding carboxylic acids is 1. The largest absolute Gasteiger partial charge is 0.495 e. The lowest BCUT2D eigenvalue weighted by molar-refractivity contribution is -0.128. The molecule has 0 spiro atoms. The Kier molecular flexibility index (Phi) is 7.07. The number of aromatic nitrogens is 3. The van der Waals surface area contributed by atoms with Crippen molar-refractivity contribution in [3.63, 3.8) is 0 Å². The van der Waals surface area contributed by atoms with Gasteiger partial charge in [-0.3, -0.25) is 9.36 Å². The van der Waals surface area contributed by atoms with Crippen LogP contribution in [0.1, 0.15) is 32.1 Å². The maximum atomic E-state index is 12.9. The third kappa shape index (κ3) is 4.70. The normalized spacial score (nSPS) is 14.9. The quantitative estimate of drug-likeness (QED) is 0.509. The van der Waals surface area contributed by atoms with Crippen LogP contribution in [0.25, 0.3) is 16.4 Å². The monoisotopic (exact) mass is 442 g/mol. The first-order valence-electron chi connectivity index (χ1n) is 10.3. The Morgan fingerprint density at radius 3 is 2.57 bits per heavy atom. The summed E-state index contributed by atoms with van der Waals surface area (Å²) in [5.41, 5.74) is 0.870. The van der Waals surface area contributed by atoms with Crippen molar-refractivity contribution in [2.45, 2.75) is 37.3 Å². The van der Waals surface area contributed by atoms with Gasteiger partial charge in [-0.1, -0.05) is 49.2 Å². The highest BCUT2D eigenvalue weighted by Crippen LogP contribution is 2.34. The molecule has 0 unspecified atom stereocenters. The second kappa shape index (κ2) is 10.1. The first kappa shape index (κ1) is 20.9. The van der Waals surface area contributed by atoms with Gasteiger partial charge in [-0.05, 0) is 36.4 Å². The third-order valence-corrected chi connectivity index (χ3v) is 7.01. The summed E-state index contributed by atoms with van der Waals surface area (Å²) in [6.07, 6.45) is 5.89. The number of amides is 1. The number of rotatable bonds is 6. The number of nitrogens with zero attached hydrogens (tertiary/aromatic N) is 4. The molecule has 1 fully saturated rings. The minimum Gasteiger partial charge on any atom is -0.495 e. The van der Waals surface area contributed by atoms with Gasteiger partial charge in [-0.25, -0.2) is 0 Å². The zero-order valence-electron chi connectivity index (χ0n) is 17.1. The Bertz CT molecular complexity index is 963. The predicted octanol–water partition coefficient (Wildman–Crippen LogP) is 4.89. The number of thioether (sulfide) groups is 1. The van der Waals surface area contributed by atoms with E-state index in [1.54, 1.807) is 18.4 Å². The number of carbonyl (C=O) groups is 1. The van der Waals surface area contributed by atoms with Crippen LogP contribution in [-0.4, -0.2) is 51.5 Å². The van der Waals surface area contributed by atoms with E-state index in [4.69, 9.17) is 4.74 Å². The van der Waals surface area contributed by atoms with E-state index >= 15 is 0 Å². The molecule has 1 aromatic carbocycles. The molecule has 3 heterocycles. The lowest BCUT2D eigenvalue weighted by Gasteiger charge is -2.24. The Morgan fingerprint density at radius 2 is 1.83 bits per heavy atom. The molecule has 1 saturated heterocycles. The molecule has 8 heteroatoms. The molecular weight excluding hydrogens is 416 g/mol. The van der Waals surface area contributed by atoms with Crippen LogP contribution in [0, 0.1) is 0 Å². The number of likely N-dealkylation sites (tertiary alicyclic amines) is 1. The molecular formula is C22H26N4O2S2. The van der Waals surface area contributed by atoms with Crippen molar-refractivity contribution in [2.75, 3.05) is 26.0 Å². The number of ether oxygens (including phenoxy) is 1. The molecule has 30 heavy (non-hydrogen) atoms. The third-order valence-electron chi connectivity index (χ3n) is 5.23. The van der Waals surface area contributed by atoms with E-state index in [0.29, 0.717) is 10.9 Å². The summed E-state index contributed by atoms with van der Waals surface area (Å²) in [7, 11) is 1.66. The maximum absolute atomic E-state index is 12.9. The SMILES string of the molecule is COc1ccccc1-n1c(SCC(=O)N2CCCCCCC2)nnc1-c1cccs1. The van der Waals surface area contributed by atoms with Crippen LogP contribution in [0.4, 0.5) is 0 Å². The molecule has 0 N–H and O–H groups in total. The molecule has 4 rings (SSSR count). The van der Waals surface area contributed by atoms with Crippen molar-refractivity contribution < 1.29 is 9.53 Å². The number of para-hydroxylation sites is 2. The molecule has 0 radical (unpaired) electrons. The molecule has 0 bridgehead atoms. The van der Waals surface area contributed by atoms with Gasteiger partial charge < -0.3 is 9.64 Å². The maximum Gasteiger partial charge on any atom is 0.233 e. The van der Waals surface area contributed by atoms with Crippen LogP contribution < -0.4 is 4.74 Å². The van der Waals surface area contributed by atoms with E-state index in [2.05, 4.69) is 10.2 Å². The number of methoxy groups -OCH3 is 1. The molecule has 0 saturated carbocycles. The minimum absolute atomic E-state index is 0.175. The Morgan fingerprint density at radius 1 is 1.07 bits per heavy atom. The van der Waals surface area contributed by atoms with Gasteiger partial charge in [0.15, 0.2) is 11.0 Å². The van der Waals surface area contributed by atoms with Crippen LogP contribution >= 0.6 is 23.1 Å². The predicted molar refractivity (Wildman–Crippen MR) is 122 cm³/mol. The smallest absolute Gasteiger partial charge is 0.233 e. The summed E-state index contributed by atoms with van der Waals surface area (Å²) in [4.78, 5) is 15.9. The fourth-order valence-corrected chi connectivity index (χ4v) is 5.22. The van der Waals surface area contributed by atoms with E-state index in [1.165, 1.54) is 31.0 Å². The van der Waals surface area contributed by atoms with E-state index in [0.717, 1.165) is 48.1 Å². The second-order valence-electron chi connectivity index (χ2n) is 7.23. The van der Waals surface area contributed by atoms with Crippen LogP contribution in [0.15, 0.2) is 46.9 Å². The summed E-state index contributed by atoms with van der Waals surface area (Å²) < 4.78 is 7.58. The van der Waals surface area contributed by atoms with Crippen molar-refractivity contribution in [3.8, 4) is 22.1 Å². The summed E-state index contributed by atoms with van der Waals surface area (Å²) in [6.45, 7) is 1.72. The van der Waals surface area contributed by atoms with E-state index < -0.39 is 0 Å². The fourth-order valence-electron chi connectivity index (χ4n) is 3.67. The van der Waals surface area contributed by atoms with Crippen LogP contribution in [0.2, 0.25) is 0 Å². The molecule has 0 atom stereocenters. The molecule has 6 nitrogen and oxygen atoms in total. The van der Waals surface area contributed by atoms with Gasteiger partial charge in [-0.15, -0.1) is 21.5 Å². The number of thiophene rings is 1. The average molecular weight is 443 g/mol. The lowest BCUT2D eigenvalue weighted by Crippen LogP contribution is -2.35. The van der Waals surface area contributed by atoms with Gasteiger partial charge in [0.05, 0.1) is 23.4 Å². The molecule has 1 amide bonds. The highest BCUT2D eigenvalue weighted by molar-refractivity contribution is 7.99. The summed E-state index contributed by atoms with van der Waals surface area (Å²) in [5.74, 6) is 2.04. The average Bonchev–Trinajstić information content (AvgIpc) is 3.41. The molecule has 3 aromatic rings. The Balaban J connectivity index is 1.59. The van der Waals surface area contributed by atoms with Crippen molar-refractivity contribution >= 4 is 29.0 Å². The van der Waals surface area contributed by atoms with E-state index in [9.17, 15) is 4.79 Å². The van der Waals surface area contributed by atoms with Gasteiger partial charge >= 0.3 is 0 Å². The fraction of sp³-hybridized carbons (Fsp3) is 0.409. The zero-order valence-corrected chi connectivity index (χ0v) is 18.8. The first-order valence-corrected chi connectivity index (χ1v) is 12.2. The van der Waals surface area contributed by atoms with Gasteiger partial charge in [0, 0.05) is 13.1 Å². The number of benzene rings is 1. The summed E-state index contributed by atoms with van der Waals surface area (Å²) in [6, 6.07) is 11.8. The first-order chi connectivity index (χ1) is 14.8. The topological polar surface area (TPSA) is 60.2 Å². The van der Waals surface area contributed by atoms with Gasteiger partial charge in [0.1, 0.15) is 5.75 Å². The summed E-state index contributed by atoms with van der Waals surface area (Å²) in [5, 5.41) is 11.6. The molecule has 2 aromatic heterocycles. The zero-order chi connectivity index (χ0) is 20.8. The minimum atomic E-state index is 0.175. The van der Waals surface area contributed by atoms with Crippen LogP contribution in [-0.2, 0) is 4.79 Å². The van der Waals surface area contributed by atoms with Crippen molar-refractivity contribution in [1.29, 1.82) is 0 Å². The number of hydrogen-bond acceptors (Lipinski definition) is 6. The Hall–Kier alpha value is -2.32. The van der Waals surface area contributed by atoms with Crippen LogP contribution in [0.3, 0.4) is 0 Å². The van der Waals surface area contributed by atoms with Crippen molar-refractivity contribution in [2.24, 2.45) is 0 Å². The highest BCUT2D eigenvalue weighted by Gasteiger charge is 2.22. The van der Waals surface area contributed by atoms with Crippen molar-refractivity contribution in [1.82, 2.24) is 19.7 Å². The lowest BCUT2D eigenvalue weighted by atomic mass is 10.1. The standard InChI is InChI=1S/C22H26N4O2S2/c1-28-18-11-6-5-10-17(18)26-21(19-12-9-15-29-19)23-24-22(26)30-16-20(27)25-13-7-3-2-4-8-14-25/h5-6,9-12,15H,2-4,7-8,13-14,16H2,1H3. The van der Waals surface area contributed by atoms with Crippen LogP contribution in [0.5, 0.6) is 5.75 Å². The number of hydrogen-bond donors (Lipinski definition) is 0. The molecule has 0 aliphatic carbocycles. The van der Waals surface area contributed by atoms with Gasteiger partial charge in [0.2, 0.25) is 5.91 Å². The Labute approximate surface area is 185 Å². The van der Waals surface area contributed by atoms with E-state index in [-0.39, 0.29) is 5.91 Å². The van der Waals surface area contributed by atoms with Crippen molar-refractivity contribution in [3.05, 3.63) is 41.8 Å². The molecule has 1 aliphatic heterocycles. The second-order valence-corrected chi connectivity index (χ2v) is 9.12. The highest BCUT2D eigenvalue weighted by atomic mass is 32.2. The molecule has 158 valence electrons. The van der Waals surface area contributed by atoms with Gasteiger partial charge in [0.25, 0.3) is 0 Å². The van der Waals surface area contributed by atoms with Gasteiger partial charge in [-0.2, -0.15) is 0 Å². The molecule has 1 aliphatic rings.